The van der Waals surface area contributed by atoms with E-state index in [1.165, 1.54) is 24.5 Å². The molecule has 0 bridgehead atoms. The lowest BCUT2D eigenvalue weighted by Crippen LogP contribution is -2.23. The molecule has 2 aromatic carbocycles. The van der Waals surface area contributed by atoms with Crippen molar-refractivity contribution in [3.05, 3.63) is 69.8 Å². The fourth-order valence-corrected chi connectivity index (χ4v) is 4.13. The first kappa shape index (κ1) is 20.5. The molecule has 1 aromatic heterocycles. The highest BCUT2D eigenvalue weighted by atomic mass is 32.1. The van der Waals surface area contributed by atoms with Gasteiger partial charge in [0.1, 0.15) is 5.82 Å². The van der Waals surface area contributed by atoms with Crippen LogP contribution in [0.25, 0.3) is 10.1 Å². The van der Waals surface area contributed by atoms with E-state index < -0.39 is 0 Å². The van der Waals surface area contributed by atoms with Gasteiger partial charge in [0.2, 0.25) is 0 Å². The summed E-state index contributed by atoms with van der Waals surface area (Å²) in [4.78, 5) is 13.3. The van der Waals surface area contributed by atoms with E-state index in [1.54, 1.807) is 6.07 Å². The van der Waals surface area contributed by atoms with Gasteiger partial charge in [-0.2, -0.15) is 0 Å². The molecule has 6 heteroatoms. The first-order chi connectivity index (χ1) is 13.5. The van der Waals surface area contributed by atoms with Gasteiger partial charge in [-0.05, 0) is 37.1 Å². The van der Waals surface area contributed by atoms with E-state index >= 15 is 0 Å². The molecule has 0 aliphatic carbocycles. The Balaban J connectivity index is 1.76. The van der Waals surface area contributed by atoms with Crippen molar-refractivity contribution in [1.29, 1.82) is 0 Å². The zero-order valence-corrected chi connectivity index (χ0v) is 17.1. The molecule has 4 nitrogen and oxygen atoms in total. The molecule has 0 atom stereocenters. The van der Waals surface area contributed by atoms with Crippen LogP contribution in [0.3, 0.4) is 0 Å². The average molecular weight is 402 g/mol. The maximum absolute atomic E-state index is 14.3. The van der Waals surface area contributed by atoms with Crippen LogP contribution in [0, 0.1) is 5.82 Å². The van der Waals surface area contributed by atoms with Crippen molar-refractivity contribution < 1.29 is 18.7 Å². The van der Waals surface area contributed by atoms with Crippen LogP contribution in [0.1, 0.15) is 40.2 Å². The predicted molar refractivity (Wildman–Crippen MR) is 110 cm³/mol. The average Bonchev–Trinajstić information content (AvgIpc) is 3.05. The topological polar surface area (TPSA) is 47.6 Å². The van der Waals surface area contributed by atoms with Crippen LogP contribution in [-0.4, -0.2) is 19.1 Å². The normalized spacial score (nSPS) is 11.3. The summed E-state index contributed by atoms with van der Waals surface area (Å²) >= 11 is 1.28. The first-order valence-corrected chi connectivity index (χ1v) is 9.97. The molecule has 0 aliphatic heterocycles. The summed E-state index contributed by atoms with van der Waals surface area (Å²) in [5.74, 6) is -0.561. The highest BCUT2D eigenvalue weighted by Gasteiger charge is 2.20. The largest absolute Gasteiger partial charge is 0.380 e. The molecule has 1 N–H and O–H groups in total. The number of carbonyl (C=O) groups is 1. The molecule has 0 fully saturated rings. The van der Waals surface area contributed by atoms with Gasteiger partial charge < -0.3 is 14.8 Å². The second kappa shape index (κ2) is 9.28. The molecule has 0 aliphatic rings. The summed E-state index contributed by atoms with van der Waals surface area (Å²) < 4.78 is 25.9. The minimum absolute atomic E-state index is 0.163. The Morgan fingerprint density at radius 2 is 1.89 bits per heavy atom. The van der Waals surface area contributed by atoms with Crippen LogP contribution in [0.5, 0.6) is 0 Å². The van der Waals surface area contributed by atoms with Crippen LogP contribution in [0.15, 0.2) is 42.5 Å². The Hall–Kier alpha value is -2.28. The maximum atomic E-state index is 14.3. The molecule has 1 heterocycles. The van der Waals surface area contributed by atoms with Gasteiger partial charge in [0.25, 0.3) is 5.91 Å². The molecule has 0 saturated carbocycles. The lowest BCUT2D eigenvalue weighted by atomic mass is 10.1. The Morgan fingerprint density at radius 3 is 2.64 bits per heavy atom. The van der Waals surface area contributed by atoms with Crippen LogP contribution in [0.4, 0.5) is 4.39 Å². The molecule has 3 aromatic rings. The Bertz CT molecular complexity index is 968. The second-order valence-corrected chi connectivity index (χ2v) is 7.87. The van der Waals surface area contributed by atoms with E-state index in [1.807, 2.05) is 44.2 Å². The monoisotopic (exact) mass is 401 g/mol. The zero-order valence-electron chi connectivity index (χ0n) is 16.3. The minimum atomic E-state index is -0.335. The summed E-state index contributed by atoms with van der Waals surface area (Å²) in [6.45, 7) is 5.10. The maximum Gasteiger partial charge on any atom is 0.262 e. The third-order valence-corrected chi connectivity index (χ3v) is 5.48. The lowest BCUT2D eigenvalue weighted by Gasteiger charge is -2.10. The zero-order chi connectivity index (χ0) is 20.1. The van der Waals surface area contributed by atoms with E-state index in [9.17, 15) is 9.18 Å². The van der Waals surface area contributed by atoms with E-state index in [0.29, 0.717) is 29.0 Å². The summed E-state index contributed by atoms with van der Waals surface area (Å²) in [5.41, 5.74) is 2.64. The summed E-state index contributed by atoms with van der Waals surface area (Å²) in [7, 11) is 1.54. The van der Waals surface area contributed by atoms with Gasteiger partial charge >= 0.3 is 0 Å². The van der Waals surface area contributed by atoms with Gasteiger partial charge in [0.05, 0.1) is 24.2 Å². The van der Waals surface area contributed by atoms with Crippen molar-refractivity contribution in [3.63, 3.8) is 0 Å². The summed E-state index contributed by atoms with van der Waals surface area (Å²) in [5, 5.41) is 3.40. The predicted octanol–water partition coefficient (Wildman–Crippen LogP) is 5.04. The van der Waals surface area contributed by atoms with E-state index in [-0.39, 0.29) is 24.4 Å². The number of hydrogen-bond donors (Lipinski definition) is 1. The van der Waals surface area contributed by atoms with Crippen LogP contribution < -0.4 is 5.32 Å². The SMILES string of the molecule is COCc1c(C(=O)NCc2cccc(COC(C)C)c2)sc2cccc(F)c12. The quantitative estimate of drug-likeness (QED) is 0.575. The number of nitrogens with one attached hydrogen (secondary N) is 1. The van der Waals surface area contributed by atoms with Crippen molar-refractivity contribution in [3.8, 4) is 0 Å². The second-order valence-electron chi connectivity index (χ2n) is 6.82. The molecular weight excluding hydrogens is 377 g/mol. The van der Waals surface area contributed by atoms with Crippen LogP contribution in [0.2, 0.25) is 0 Å². The van der Waals surface area contributed by atoms with Crippen molar-refractivity contribution in [1.82, 2.24) is 5.32 Å². The number of methoxy groups -OCH3 is 1. The lowest BCUT2D eigenvalue weighted by molar-refractivity contribution is 0.0657. The van der Waals surface area contributed by atoms with Crippen molar-refractivity contribution in [2.24, 2.45) is 0 Å². The number of carbonyl (C=O) groups excluding carboxylic acids is 1. The molecule has 0 radical (unpaired) electrons. The smallest absolute Gasteiger partial charge is 0.262 e. The molecule has 148 valence electrons. The number of amides is 1. The van der Waals surface area contributed by atoms with Gasteiger partial charge in [-0.15, -0.1) is 11.3 Å². The van der Waals surface area contributed by atoms with Gasteiger partial charge in [0, 0.05) is 29.3 Å². The third-order valence-electron chi connectivity index (χ3n) is 4.29. The summed E-state index contributed by atoms with van der Waals surface area (Å²) in [6.07, 6.45) is 0.163. The number of benzene rings is 2. The Kier molecular flexibility index (Phi) is 6.78. The molecule has 28 heavy (non-hydrogen) atoms. The molecular formula is C22H24FNO3S. The standard InChI is InChI=1S/C22H24FNO3S/c1-14(2)27-12-16-7-4-6-15(10-16)11-24-22(25)21-17(13-26-3)20-18(23)8-5-9-19(20)28-21/h4-10,14H,11-13H2,1-3H3,(H,24,25). The van der Waals surface area contributed by atoms with E-state index in [0.717, 1.165) is 15.8 Å². The summed E-state index contributed by atoms with van der Waals surface area (Å²) in [6, 6.07) is 12.8. The van der Waals surface area contributed by atoms with Gasteiger partial charge in [0.15, 0.2) is 0 Å². The Labute approximate surface area is 168 Å². The highest BCUT2D eigenvalue weighted by molar-refractivity contribution is 7.21. The fraction of sp³-hybridized carbons (Fsp3) is 0.318. The fourth-order valence-electron chi connectivity index (χ4n) is 2.99. The number of ether oxygens (including phenoxy) is 2. The van der Waals surface area contributed by atoms with Crippen molar-refractivity contribution in [2.45, 2.75) is 39.7 Å². The molecule has 3 rings (SSSR count). The first-order valence-electron chi connectivity index (χ1n) is 9.16. The Morgan fingerprint density at radius 1 is 1.14 bits per heavy atom. The van der Waals surface area contributed by atoms with E-state index in [4.69, 9.17) is 9.47 Å². The molecule has 0 spiro atoms. The molecule has 0 saturated heterocycles. The van der Waals surface area contributed by atoms with Crippen molar-refractivity contribution >= 4 is 27.3 Å². The highest BCUT2D eigenvalue weighted by Crippen LogP contribution is 2.33. The van der Waals surface area contributed by atoms with E-state index in [2.05, 4.69) is 5.32 Å². The van der Waals surface area contributed by atoms with Gasteiger partial charge in [-0.25, -0.2) is 4.39 Å². The third kappa shape index (κ3) is 4.76. The minimum Gasteiger partial charge on any atom is -0.380 e. The van der Waals surface area contributed by atoms with Gasteiger partial charge in [-0.3, -0.25) is 4.79 Å². The van der Waals surface area contributed by atoms with Gasteiger partial charge in [-0.1, -0.05) is 30.3 Å². The van der Waals surface area contributed by atoms with Crippen LogP contribution >= 0.6 is 11.3 Å². The molecule has 1 amide bonds. The molecule has 0 unspecified atom stereocenters. The number of rotatable bonds is 8. The number of fused-ring (bicyclic) bond motifs is 1. The van der Waals surface area contributed by atoms with Crippen molar-refractivity contribution in [2.75, 3.05) is 7.11 Å². The van der Waals surface area contributed by atoms with Crippen LogP contribution in [-0.2, 0) is 29.2 Å². The number of hydrogen-bond acceptors (Lipinski definition) is 4. The number of halogens is 1. The number of thiophene rings is 1.